The van der Waals surface area contributed by atoms with Gasteiger partial charge in [-0.05, 0) is 25.4 Å². The lowest BCUT2D eigenvalue weighted by molar-refractivity contribution is 1.09. The molecular weight excluding hydrogens is 262 g/mol. The van der Waals surface area contributed by atoms with Gasteiger partial charge in [0.2, 0.25) is 0 Å². The van der Waals surface area contributed by atoms with Crippen LogP contribution in [0.3, 0.4) is 0 Å². The number of fused-ring (bicyclic) bond motifs is 1. The Hall–Kier alpha value is -0.705. The number of H-pyrrole nitrogens is 1. The van der Waals surface area contributed by atoms with Crippen molar-refractivity contribution in [3.05, 3.63) is 12.1 Å². The van der Waals surface area contributed by atoms with Crippen LogP contribution >= 0.6 is 21.2 Å². The number of aromatic amines is 1. The Balaban J connectivity index is 0. The van der Waals surface area contributed by atoms with Gasteiger partial charge in [0.25, 0.3) is 0 Å². The maximum absolute atomic E-state index is 5.66. The fraction of sp³-hybridized carbons (Fsp3) is 0.364. The van der Waals surface area contributed by atoms with Crippen LogP contribution in [0.4, 0.5) is 5.69 Å². The monoisotopic (exact) mass is 286 g/mol. The predicted octanol–water partition coefficient (Wildman–Crippen LogP) is 1.93. The molecule has 7 heteroatoms. The number of nitrogen functional groups attached to an aromatic ring is 1. The summed E-state index contributed by atoms with van der Waals surface area (Å²) in [5, 5.41) is 3.54. The smallest absolute Gasteiger partial charge is 0.166 e. The third kappa shape index (κ3) is 4.88. The Morgan fingerprint density at radius 1 is 1.56 bits per heavy atom. The van der Waals surface area contributed by atoms with Crippen LogP contribution in [0.5, 0.6) is 0 Å². The average Bonchev–Trinajstić information content (AvgIpc) is 2.87. The van der Waals surface area contributed by atoms with E-state index in [0.29, 0.717) is 11.2 Å². The molecule has 18 heavy (non-hydrogen) atoms. The number of nitrogens with zero attached hydrogens (tertiary/aromatic N) is 1. The molecule has 1 aromatic carbocycles. The first-order valence-electron chi connectivity index (χ1n) is 6.58. The van der Waals surface area contributed by atoms with Gasteiger partial charge in [0.15, 0.2) is 5.16 Å². The van der Waals surface area contributed by atoms with E-state index in [-0.39, 0.29) is 0 Å². The van der Waals surface area contributed by atoms with Gasteiger partial charge in [0.05, 0.1) is 11.0 Å². The van der Waals surface area contributed by atoms with Gasteiger partial charge in [-0.25, -0.2) is 4.98 Å². The van der Waals surface area contributed by atoms with Crippen molar-refractivity contribution in [3.8, 4) is 0 Å². The van der Waals surface area contributed by atoms with Gasteiger partial charge in [-0.2, -0.15) is 0 Å². The molecule has 2 rings (SSSR count). The Morgan fingerprint density at radius 2 is 2.11 bits per heavy atom. The van der Waals surface area contributed by atoms with Crippen molar-refractivity contribution in [2.75, 3.05) is 19.0 Å². The van der Waals surface area contributed by atoms with Gasteiger partial charge in [-0.3, -0.25) is 0 Å². The van der Waals surface area contributed by atoms with Crippen LogP contribution in [0.15, 0.2) is 17.3 Å². The molecule has 0 bridgehead atoms. The molecule has 100 valence electrons. The minimum absolute atomic E-state index is 0.576. The highest BCUT2D eigenvalue weighted by molar-refractivity contribution is 7.98. The van der Waals surface area contributed by atoms with E-state index in [1.165, 1.54) is 0 Å². The van der Waals surface area contributed by atoms with Crippen molar-refractivity contribution in [1.29, 1.82) is 0 Å². The molecule has 2 aromatic rings. The van der Waals surface area contributed by atoms with Crippen molar-refractivity contribution in [2.45, 2.75) is 19.0 Å². The predicted molar refractivity (Wildman–Crippen MR) is 89.9 cm³/mol. The van der Waals surface area contributed by atoms with Gasteiger partial charge in [0, 0.05) is 8.66 Å². The molecule has 4 nitrogen and oxygen atoms in total. The Labute approximate surface area is 120 Å². The largest absolute Gasteiger partial charge is 0.399 e. The molecule has 0 fully saturated rings. The number of thioether (sulfide) groups is 1. The lowest BCUT2D eigenvalue weighted by Crippen LogP contribution is -2.08. The highest BCUT2D eigenvalue weighted by Crippen LogP contribution is 2.17. The van der Waals surface area contributed by atoms with Crippen LogP contribution in [0, 0.1) is 0 Å². The molecule has 0 spiro atoms. The molecular formula is C11H22BN4PS. The summed E-state index contributed by atoms with van der Waals surface area (Å²) in [7, 11) is 9.82. The van der Waals surface area contributed by atoms with Crippen molar-refractivity contribution in [3.63, 3.8) is 0 Å². The van der Waals surface area contributed by atoms with E-state index in [4.69, 9.17) is 16.5 Å². The van der Waals surface area contributed by atoms with Gasteiger partial charge < -0.3 is 15.8 Å². The van der Waals surface area contributed by atoms with Gasteiger partial charge >= 0.3 is 0 Å². The van der Waals surface area contributed by atoms with Gasteiger partial charge in [-0.1, -0.05) is 40.5 Å². The zero-order valence-corrected chi connectivity index (χ0v) is 13.2. The summed E-state index contributed by atoms with van der Waals surface area (Å²) >= 11 is 1.56. The molecule has 0 aliphatic carbocycles. The van der Waals surface area contributed by atoms with Crippen molar-refractivity contribution >= 4 is 51.2 Å². The SMILES string of the molecule is CC.CNP.[2H][2H].[B]c1cc2[nH]c(SC)nc2cc1N. The van der Waals surface area contributed by atoms with E-state index in [1.807, 2.05) is 27.2 Å². The van der Waals surface area contributed by atoms with E-state index in [1.54, 1.807) is 23.9 Å². The summed E-state index contributed by atoms with van der Waals surface area (Å²) in [6, 6.07) is 3.58. The van der Waals surface area contributed by atoms with E-state index in [9.17, 15) is 0 Å². The van der Waals surface area contributed by atoms with Gasteiger partial charge in [-0.15, -0.1) is 0 Å². The first-order valence-corrected chi connectivity index (χ1v) is 7.38. The zero-order valence-electron chi connectivity index (χ0n) is 13.2. The van der Waals surface area contributed by atoms with E-state index in [0.717, 1.165) is 16.2 Å². The zero-order chi connectivity index (χ0) is 16.1. The molecule has 1 aromatic heterocycles. The number of rotatable bonds is 1. The molecule has 0 aliphatic heterocycles. The summed E-state index contributed by atoms with van der Waals surface area (Å²) in [5.41, 5.74) is 8.60. The van der Waals surface area contributed by atoms with Crippen LogP contribution in [0.25, 0.3) is 11.0 Å². The normalized spacial score (nSPS) is 9.61. The summed E-state index contributed by atoms with van der Waals surface area (Å²) in [5.74, 6) is 0. The van der Waals surface area contributed by atoms with E-state index in [2.05, 4.69) is 24.4 Å². The maximum atomic E-state index is 5.66. The highest BCUT2D eigenvalue weighted by atomic mass is 32.2. The Morgan fingerprint density at radius 3 is 2.61 bits per heavy atom. The van der Waals surface area contributed by atoms with E-state index >= 15 is 0 Å². The van der Waals surface area contributed by atoms with Crippen LogP contribution in [-0.4, -0.2) is 31.1 Å². The third-order valence-electron chi connectivity index (χ3n) is 1.86. The minimum atomic E-state index is 0.576. The Kier molecular flexibility index (Phi) is 7.89. The van der Waals surface area contributed by atoms with Gasteiger partial charge in [0.1, 0.15) is 7.85 Å². The quantitative estimate of drug-likeness (QED) is 0.324. The molecule has 2 radical (unpaired) electrons. The number of hydrogen-bond acceptors (Lipinski definition) is 4. The average molecular weight is 286 g/mol. The summed E-state index contributed by atoms with van der Waals surface area (Å²) in [4.78, 5) is 7.43. The number of aromatic nitrogens is 2. The molecule has 1 atom stereocenters. The topological polar surface area (TPSA) is 66.7 Å². The number of anilines is 1. The number of imidazole rings is 1. The lowest BCUT2D eigenvalue weighted by Gasteiger charge is -1.97. The van der Waals surface area contributed by atoms with Crippen LogP contribution < -0.4 is 16.3 Å². The van der Waals surface area contributed by atoms with Crippen molar-refractivity contribution < 1.29 is 2.97 Å². The summed E-state index contributed by atoms with van der Waals surface area (Å²) < 4.78 is 10.0. The first-order chi connectivity index (χ1) is 9.62. The number of hydrogen-bond donors (Lipinski definition) is 3. The summed E-state index contributed by atoms with van der Waals surface area (Å²) in [6.07, 6.45) is 1.96. The van der Waals surface area contributed by atoms with Crippen LogP contribution in [0.2, 0.25) is 0 Å². The lowest BCUT2D eigenvalue weighted by atomic mass is 9.94. The van der Waals surface area contributed by atoms with E-state index < -0.39 is 0 Å². The molecule has 1 unspecified atom stereocenters. The third-order valence-corrected chi connectivity index (χ3v) is 2.44. The second kappa shape index (κ2) is 9.25. The standard InChI is InChI=1S/C8H8BN3S.C2H6.CH6NP.H2/c1-13-8-11-6-2-4(9)5(10)3-7(6)12-8;1-2;1-2-3;/h2-3H,10H2,1H3,(H,11,12);1-2H3;2H,3H2,1H3;1H/i;;;1+1D. The minimum Gasteiger partial charge on any atom is -0.399 e. The molecule has 0 saturated heterocycles. The molecule has 1 heterocycles. The maximum Gasteiger partial charge on any atom is 0.166 e. The molecule has 0 amide bonds. The van der Waals surface area contributed by atoms with Crippen molar-refractivity contribution in [1.82, 2.24) is 15.1 Å². The highest BCUT2D eigenvalue weighted by Gasteiger charge is 2.03. The second-order valence-electron chi connectivity index (χ2n) is 3.03. The summed E-state index contributed by atoms with van der Waals surface area (Å²) in [6.45, 7) is 4.00. The molecule has 4 N–H and O–H groups in total. The second-order valence-corrected chi connectivity index (χ2v) is 4.41. The fourth-order valence-corrected chi connectivity index (χ4v) is 1.56. The fourth-order valence-electron chi connectivity index (χ4n) is 1.16. The first kappa shape index (κ1) is 15.4. The molecule has 0 saturated carbocycles. The van der Waals surface area contributed by atoms with Crippen LogP contribution in [-0.2, 0) is 0 Å². The molecule has 0 aliphatic rings. The van der Waals surface area contributed by atoms with Crippen LogP contribution in [0.1, 0.15) is 16.8 Å². The number of nitrogens with two attached hydrogens (primary N) is 1. The Bertz CT molecular complexity index is 446. The number of benzene rings is 1. The number of nitrogens with one attached hydrogen (secondary N) is 2. The van der Waals surface area contributed by atoms with Crippen molar-refractivity contribution in [2.24, 2.45) is 0 Å².